The largest absolute Gasteiger partial charge is 0.487 e. The Labute approximate surface area is 206 Å². The maximum atomic E-state index is 14.0. The molecule has 0 N–H and O–H groups in total. The highest BCUT2D eigenvalue weighted by Gasteiger charge is 2.29. The number of halogens is 3. The van der Waals surface area contributed by atoms with Crippen molar-refractivity contribution in [3.8, 4) is 17.1 Å². The monoisotopic (exact) mass is 499 g/mol. The number of fused-ring (bicyclic) bond motifs is 1. The quantitative estimate of drug-likeness (QED) is 0.495. The van der Waals surface area contributed by atoms with Gasteiger partial charge in [0.05, 0.1) is 23.6 Å². The van der Waals surface area contributed by atoms with Gasteiger partial charge in [-0.3, -0.25) is 4.79 Å². The fraction of sp³-hybridized carbons (Fsp3) is 0.360. The summed E-state index contributed by atoms with van der Waals surface area (Å²) in [6, 6.07) is 8.68. The smallest absolute Gasteiger partial charge is 0.219 e. The number of benzene rings is 1. The van der Waals surface area contributed by atoms with Gasteiger partial charge in [-0.05, 0) is 24.3 Å². The molecule has 0 spiro atoms. The summed E-state index contributed by atoms with van der Waals surface area (Å²) in [5.74, 6) is -0.576. The molecule has 0 atom stereocenters. The molecule has 0 saturated carbocycles. The summed E-state index contributed by atoms with van der Waals surface area (Å²) in [5.41, 5.74) is 2.85. The van der Waals surface area contributed by atoms with Crippen LogP contribution in [0.4, 0.5) is 14.6 Å². The first-order valence-corrected chi connectivity index (χ1v) is 11.9. The normalized spacial score (nSPS) is 16.2. The van der Waals surface area contributed by atoms with Crippen LogP contribution in [0.15, 0.2) is 36.4 Å². The fourth-order valence-electron chi connectivity index (χ4n) is 4.46. The lowest BCUT2D eigenvalue weighted by Crippen LogP contribution is -2.40. The molecule has 4 heterocycles. The highest BCUT2D eigenvalue weighted by molar-refractivity contribution is 6.29. The van der Waals surface area contributed by atoms with Crippen LogP contribution in [0, 0.1) is 11.6 Å². The third-order valence-corrected chi connectivity index (χ3v) is 6.53. The fourth-order valence-corrected chi connectivity index (χ4v) is 4.62. The first-order valence-electron chi connectivity index (χ1n) is 11.5. The Balaban J connectivity index is 1.40. The van der Waals surface area contributed by atoms with E-state index in [1.807, 2.05) is 12.1 Å². The van der Waals surface area contributed by atoms with E-state index in [-0.39, 0.29) is 17.8 Å². The van der Waals surface area contributed by atoms with E-state index < -0.39 is 11.6 Å². The molecule has 2 aliphatic heterocycles. The van der Waals surface area contributed by atoms with Crippen molar-refractivity contribution in [3.05, 3.63) is 64.6 Å². The number of anilines is 1. The summed E-state index contributed by atoms with van der Waals surface area (Å²) in [7, 11) is 0. The van der Waals surface area contributed by atoms with E-state index in [4.69, 9.17) is 26.3 Å². The van der Waals surface area contributed by atoms with Gasteiger partial charge in [-0.1, -0.05) is 17.7 Å². The molecular weight excluding hydrogens is 476 g/mol. The average molecular weight is 500 g/mol. The van der Waals surface area contributed by atoms with Gasteiger partial charge in [-0.25, -0.2) is 23.7 Å². The molecule has 35 heavy (non-hydrogen) atoms. The summed E-state index contributed by atoms with van der Waals surface area (Å²) in [6.07, 6.45) is 1.70. The lowest BCUT2D eigenvalue weighted by molar-refractivity contribution is -0.129. The van der Waals surface area contributed by atoms with E-state index in [1.165, 1.54) is 12.1 Å². The number of pyridine rings is 1. The molecule has 1 fully saturated rings. The van der Waals surface area contributed by atoms with Crippen molar-refractivity contribution in [1.82, 2.24) is 19.9 Å². The lowest BCUT2D eigenvalue weighted by Gasteiger charge is -2.35. The Hall–Kier alpha value is -3.33. The first-order chi connectivity index (χ1) is 16.9. The van der Waals surface area contributed by atoms with Gasteiger partial charge in [-0.15, -0.1) is 0 Å². The van der Waals surface area contributed by atoms with Crippen molar-refractivity contribution in [1.29, 1.82) is 0 Å². The average Bonchev–Trinajstić information content (AvgIpc) is 2.85. The second-order valence-electron chi connectivity index (χ2n) is 8.70. The second-order valence-corrected chi connectivity index (χ2v) is 9.09. The van der Waals surface area contributed by atoms with Crippen LogP contribution in [0.25, 0.3) is 11.4 Å². The zero-order valence-electron chi connectivity index (χ0n) is 19.2. The van der Waals surface area contributed by atoms with Gasteiger partial charge in [0.25, 0.3) is 0 Å². The molecule has 2 aromatic heterocycles. The summed E-state index contributed by atoms with van der Waals surface area (Å²) in [6.45, 7) is 3.80. The summed E-state index contributed by atoms with van der Waals surface area (Å²) >= 11 is 6.16. The molecule has 1 saturated heterocycles. The Morgan fingerprint density at radius 3 is 2.57 bits per heavy atom. The van der Waals surface area contributed by atoms with Crippen molar-refractivity contribution in [2.24, 2.45) is 0 Å². The van der Waals surface area contributed by atoms with Gasteiger partial charge in [-0.2, -0.15) is 0 Å². The predicted molar refractivity (Wildman–Crippen MR) is 127 cm³/mol. The summed E-state index contributed by atoms with van der Waals surface area (Å²) in [4.78, 5) is 30.1. The molecule has 0 unspecified atom stereocenters. The molecule has 10 heteroatoms. The van der Waals surface area contributed by atoms with Crippen LogP contribution in [0.3, 0.4) is 0 Å². The van der Waals surface area contributed by atoms with E-state index in [0.29, 0.717) is 67.8 Å². The number of rotatable bonds is 4. The first kappa shape index (κ1) is 23.4. The molecule has 0 aliphatic carbocycles. The van der Waals surface area contributed by atoms with E-state index in [1.54, 1.807) is 17.9 Å². The van der Waals surface area contributed by atoms with Crippen LogP contribution in [-0.2, 0) is 17.8 Å². The summed E-state index contributed by atoms with van der Waals surface area (Å²) in [5, 5.41) is 0.353. The van der Waals surface area contributed by atoms with Crippen LogP contribution in [0.5, 0.6) is 5.75 Å². The molecule has 5 rings (SSSR count). The van der Waals surface area contributed by atoms with Crippen molar-refractivity contribution in [2.75, 3.05) is 24.5 Å². The van der Waals surface area contributed by atoms with Gasteiger partial charge >= 0.3 is 0 Å². The Morgan fingerprint density at radius 1 is 1.06 bits per heavy atom. The number of piperidine rings is 1. The Kier molecular flexibility index (Phi) is 6.51. The molecule has 1 aromatic carbocycles. The third kappa shape index (κ3) is 5.05. The highest BCUT2D eigenvalue weighted by atomic mass is 35.5. The standard InChI is InChI=1S/C25H24ClF2N5O2/c1-15(34)33-12-9-19-21(14-33)30-24(20-3-2-4-23(26)29-20)25(31-19)32-10-7-17(8-11-32)35-22-6-5-16(27)13-18(22)28/h2-6,13,17H,7-12,14H2,1H3. The molecule has 3 aromatic rings. The van der Waals surface area contributed by atoms with Gasteiger partial charge in [0.1, 0.15) is 22.8 Å². The van der Waals surface area contributed by atoms with Crippen molar-refractivity contribution in [2.45, 2.75) is 38.8 Å². The number of aromatic nitrogens is 3. The highest BCUT2D eigenvalue weighted by Crippen LogP contribution is 2.32. The van der Waals surface area contributed by atoms with E-state index in [9.17, 15) is 13.6 Å². The molecule has 0 radical (unpaired) electrons. The minimum absolute atomic E-state index is 0.00335. The van der Waals surface area contributed by atoms with E-state index in [2.05, 4.69) is 9.88 Å². The van der Waals surface area contributed by atoms with Gasteiger partial charge in [0, 0.05) is 51.9 Å². The third-order valence-electron chi connectivity index (χ3n) is 6.32. The molecule has 0 bridgehead atoms. The van der Waals surface area contributed by atoms with Crippen LogP contribution in [0.2, 0.25) is 5.15 Å². The van der Waals surface area contributed by atoms with Crippen LogP contribution in [-0.4, -0.2) is 51.5 Å². The van der Waals surface area contributed by atoms with Crippen LogP contribution < -0.4 is 9.64 Å². The molecule has 182 valence electrons. The summed E-state index contributed by atoms with van der Waals surface area (Å²) < 4.78 is 33.0. The van der Waals surface area contributed by atoms with Gasteiger partial charge in [0.15, 0.2) is 17.4 Å². The lowest BCUT2D eigenvalue weighted by atomic mass is 10.1. The maximum absolute atomic E-state index is 14.0. The number of nitrogens with zero attached hydrogens (tertiary/aromatic N) is 5. The minimum atomic E-state index is -0.707. The number of hydrogen-bond acceptors (Lipinski definition) is 6. The van der Waals surface area contributed by atoms with Crippen molar-refractivity contribution in [3.63, 3.8) is 0 Å². The second kappa shape index (κ2) is 9.73. The van der Waals surface area contributed by atoms with E-state index in [0.717, 1.165) is 17.5 Å². The van der Waals surface area contributed by atoms with Crippen molar-refractivity contribution >= 4 is 23.3 Å². The Morgan fingerprint density at radius 2 is 1.86 bits per heavy atom. The number of carbonyl (C=O) groups is 1. The minimum Gasteiger partial charge on any atom is -0.487 e. The molecule has 1 amide bonds. The number of ether oxygens (including phenoxy) is 1. The van der Waals surface area contributed by atoms with Crippen LogP contribution >= 0.6 is 11.6 Å². The topological polar surface area (TPSA) is 71.5 Å². The van der Waals surface area contributed by atoms with Gasteiger partial charge in [0.2, 0.25) is 5.91 Å². The molecular formula is C25H24ClF2N5O2. The zero-order chi connectivity index (χ0) is 24.5. The molecule has 2 aliphatic rings. The van der Waals surface area contributed by atoms with Gasteiger partial charge < -0.3 is 14.5 Å². The van der Waals surface area contributed by atoms with Crippen LogP contribution in [0.1, 0.15) is 31.2 Å². The predicted octanol–water partition coefficient (Wildman–Crippen LogP) is 4.42. The number of amides is 1. The van der Waals surface area contributed by atoms with E-state index >= 15 is 0 Å². The number of carbonyl (C=O) groups excluding carboxylic acids is 1. The van der Waals surface area contributed by atoms with Crippen molar-refractivity contribution < 1.29 is 18.3 Å². The molecule has 7 nitrogen and oxygen atoms in total. The number of hydrogen-bond donors (Lipinski definition) is 0. The SMILES string of the molecule is CC(=O)N1CCc2nc(N3CCC(Oc4ccc(F)cc4F)CC3)c(-c3cccc(Cl)n3)nc2C1. The maximum Gasteiger partial charge on any atom is 0.219 e. The Bertz CT molecular complexity index is 1270. The zero-order valence-corrected chi connectivity index (χ0v) is 19.9.